The zero-order valence-corrected chi connectivity index (χ0v) is 10.3. The number of hydrogen-bond donors (Lipinski definition) is 2. The van der Waals surface area contributed by atoms with Crippen LogP contribution in [0.1, 0.15) is 37.3 Å². The normalized spacial score (nSPS) is 22.3. The highest BCUT2D eigenvalue weighted by Crippen LogP contribution is 2.25. The van der Waals surface area contributed by atoms with E-state index in [2.05, 4.69) is 5.10 Å². The van der Waals surface area contributed by atoms with Crippen LogP contribution in [0.25, 0.3) is 0 Å². The largest absolute Gasteiger partial charge is 0.364 e. The first-order valence-corrected chi connectivity index (χ1v) is 5.98. The van der Waals surface area contributed by atoms with Gasteiger partial charge in [-0.2, -0.15) is 5.10 Å². The fourth-order valence-corrected chi connectivity index (χ4v) is 2.30. The Morgan fingerprint density at radius 3 is 2.87 bits per heavy atom. The number of nitrogens with zero attached hydrogens (tertiary/aromatic N) is 2. The molecule has 1 aliphatic rings. The topological polar surface area (TPSA) is 67.5 Å². The second-order valence-electron chi connectivity index (χ2n) is 3.55. The third-order valence-electron chi connectivity index (χ3n) is 2.44. The predicted molar refractivity (Wildman–Crippen MR) is 61.0 cm³/mol. The lowest BCUT2D eigenvalue weighted by atomic mass is 10.2. The molecule has 2 N–H and O–H groups in total. The Kier molecular flexibility index (Phi) is 3.60. The van der Waals surface area contributed by atoms with E-state index in [1.54, 1.807) is 10.9 Å². The molecule has 1 aromatic rings. The quantitative estimate of drug-likeness (QED) is 0.633. The lowest BCUT2D eigenvalue weighted by Crippen LogP contribution is -2.18. The van der Waals surface area contributed by atoms with E-state index in [9.17, 15) is 0 Å². The molecule has 0 amide bonds. The van der Waals surface area contributed by atoms with Crippen LogP contribution in [0.3, 0.4) is 0 Å². The molecule has 1 atom stereocenters. The van der Waals surface area contributed by atoms with E-state index in [1.807, 2.05) is 22.6 Å². The number of hydrogen-bond acceptors (Lipinski definition) is 4. The van der Waals surface area contributed by atoms with Crippen molar-refractivity contribution in [3.8, 4) is 0 Å². The van der Waals surface area contributed by atoms with E-state index in [0.717, 1.165) is 25.9 Å². The Balaban J connectivity index is 2.17. The van der Waals surface area contributed by atoms with Crippen LogP contribution >= 0.6 is 22.6 Å². The van der Waals surface area contributed by atoms with Crippen LogP contribution in [0.5, 0.6) is 0 Å². The number of ether oxygens (including phenoxy) is 1. The van der Waals surface area contributed by atoms with Crippen molar-refractivity contribution in [3.63, 3.8) is 0 Å². The van der Waals surface area contributed by atoms with Crippen molar-refractivity contribution in [2.75, 3.05) is 6.61 Å². The predicted octanol–water partition coefficient (Wildman–Crippen LogP) is 1.17. The molecule has 1 saturated heterocycles. The number of rotatable bonds is 2. The number of halogens is 1. The molecule has 0 bridgehead atoms. The molecule has 84 valence electrons. The minimum Gasteiger partial charge on any atom is -0.364 e. The minimum atomic E-state index is -1.46. The van der Waals surface area contributed by atoms with Gasteiger partial charge in [0.2, 0.25) is 0 Å². The molecule has 1 aliphatic heterocycles. The lowest BCUT2D eigenvalue weighted by Gasteiger charge is -2.22. The van der Waals surface area contributed by atoms with E-state index >= 15 is 0 Å². The maximum atomic E-state index is 9.07. The molecule has 0 aliphatic carbocycles. The van der Waals surface area contributed by atoms with Gasteiger partial charge in [0.25, 0.3) is 0 Å². The molecular formula is C9H13IN2O3. The van der Waals surface area contributed by atoms with E-state index in [0.29, 0.717) is 9.26 Å². The van der Waals surface area contributed by atoms with Gasteiger partial charge >= 0.3 is 0 Å². The Labute approximate surface area is 101 Å². The summed E-state index contributed by atoms with van der Waals surface area (Å²) in [6.07, 6.45) is 3.26. The van der Waals surface area contributed by atoms with Crippen LogP contribution in [0.4, 0.5) is 0 Å². The van der Waals surface area contributed by atoms with Gasteiger partial charge in [-0.15, -0.1) is 0 Å². The second kappa shape index (κ2) is 4.77. The van der Waals surface area contributed by atoms with Crippen molar-refractivity contribution in [1.29, 1.82) is 0 Å². The van der Waals surface area contributed by atoms with Crippen molar-refractivity contribution >= 4 is 22.6 Å². The molecule has 0 spiro atoms. The summed E-state index contributed by atoms with van der Waals surface area (Å²) < 4.78 is 7.83. The van der Waals surface area contributed by atoms with Crippen molar-refractivity contribution in [1.82, 2.24) is 9.78 Å². The van der Waals surface area contributed by atoms with Crippen LogP contribution in [0.2, 0.25) is 0 Å². The number of aliphatic hydroxyl groups excluding tert-OH is 1. The fraction of sp³-hybridized carbons (Fsp3) is 0.667. The van der Waals surface area contributed by atoms with Gasteiger partial charge in [0.05, 0.1) is 5.56 Å². The molecule has 15 heavy (non-hydrogen) atoms. The van der Waals surface area contributed by atoms with Gasteiger partial charge in [0.15, 0.2) is 6.29 Å². The standard InChI is InChI=1S/C9H13IN2O3/c10-8-6(9(13)14)5-12(11-8)7-3-1-2-4-15-7/h5,7,9,13-14H,1-4H2. The van der Waals surface area contributed by atoms with Crippen LogP contribution < -0.4 is 0 Å². The van der Waals surface area contributed by atoms with Crippen LogP contribution in [-0.4, -0.2) is 26.6 Å². The summed E-state index contributed by atoms with van der Waals surface area (Å²) in [5.74, 6) is 0. The van der Waals surface area contributed by atoms with Gasteiger partial charge < -0.3 is 14.9 Å². The van der Waals surface area contributed by atoms with Crippen LogP contribution in [-0.2, 0) is 4.74 Å². The molecule has 0 saturated carbocycles. The van der Waals surface area contributed by atoms with Crippen molar-refractivity contribution in [2.45, 2.75) is 31.8 Å². The van der Waals surface area contributed by atoms with Gasteiger partial charge in [0.1, 0.15) is 9.93 Å². The molecule has 1 aromatic heterocycles. The van der Waals surface area contributed by atoms with Gasteiger partial charge in [-0.3, -0.25) is 0 Å². The molecular weight excluding hydrogens is 311 g/mol. The van der Waals surface area contributed by atoms with Crippen molar-refractivity contribution in [2.24, 2.45) is 0 Å². The molecule has 5 nitrogen and oxygen atoms in total. The summed E-state index contributed by atoms with van der Waals surface area (Å²) in [7, 11) is 0. The lowest BCUT2D eigenvalue weighted by molar-refractivity contribution is -0.0462. The van der Waals surface area contributed by atoms with Crippen molar-refractivity contribution < 1.29 is 14.9 Å². The molecule has 0 radical (unpaired) electrons. The molecule has 1 fully saturated rings. The summed E-state index contributed by atoms with van der Waals surface area (Å²) in [6, 6.07) is 0. The van der Waals surface area contributed by atoms with Gasteiger partial charge in [-0.05, 0) is 41.9 Å². The Bertz CT molecular complexity index is 334. The summed E-state index contributed by atoms with van der Waals surface area (Å²) in [5.41, 5.74) is 0.435. The molecule has 0 aromatic carbocycles. The van der Waals surface area contributed by atoms with Crippen LogP contribution in [0.15, 0.2) is 6.20 Å². The van der Waals surface area contributed by atoms with Gasteiger partial charge in [0, 0.05) is 12.8 Å². The zero-order valence-electron chi connectivity index (χ0n) is 8.14. The summed E-state index contributed by atoms with van der Waals surface area (Å²) in [5, 5.41) is 22.4. The van der Waals surface area contributed by atoms with Crippen molar-refractivity contribution in [3.05, 3.63) is 15.5 Å². The minimum absolute atomic E-state index is 0.0558. The Hall–Kier alpha value is -0.180. The van der Waals surface area contributed by atoms with Gasteiger partial charge in [-0.1, -0.05) is 0 Å². The van der Waals surface area contributed by atoms with E-state index in [4.69, 9.17) is 14.9 Å². The monoisotopic (exact) mass is 324 g/mol. The number of aromatic nitrogens is 2. The highest BCUT2D eigenvalue weighted by molar-refractivity contribution is 14.1. The van der Waals surface area contributed by atoms with E-state index < -0.39 is 6.29 Å². The third-order valence-corrected chi connectivity index (χ3v) is 3.28. The Morgan fingerprint density at radius 2 is 2.33 bits per heavy atom. The third kappa shape index (κ3) is 2.49. The SMILES string of the molecule is OC(O)c1cn(C2CCCCO2)nc1I. The van der Waals surface area contributed by atoms with E-state index in [-0.39, 0.29) is 6.23 Å². The highest BCUT2D eigenvalue weighted by atomic mass is 127. The average molecular weight is 324 g/mol. The van der Waals surface area contributed by atoms with Crippen LogP contribution in [0, 0.1) is 3.70 Å². The molecule has 2 heterocycles. The molecule has 1 unspecified atom stereocenters. The summed E-state index contributed by atoms with van der Waals surface area (Å²) in [6.45, 7) is 0.748. The summed E-state index contributed by atoms with van der Waals surface area (Å²) >= 11 is 1.99. The first-order chi connectivity index (χ1) is 7.18. The maximum absolute atomic E-state index is 9.07. The fourth-order valence-electron chi connectivity index (χ4n) is 1.64. The van der Waals surface area contributed by atoms with E-state index in [1.165, 1.54) is 0 Å². The first kappa shape index (κ1) is 11.3. The zero-order chi connectivity index (χ0) is 10.8. The first-order valence-electron chi connectivity index (χ1n) is 4.91. The Morgan fingerprint density at radius 1 is 1.53 bits per heavy atom. The maximum Gasteiger partial charge on any atom is 0.182 e. The summed E-state index contributed by atoms with van der Waals surface area (Å²) in [4.78, 5) is 0. The highest BCUT2D eigenvalue weighted by Gasteiger charge is 2.20. The molecule has 2 rings (SSSR count). The average Bonchev–Trinajstić information content (AvgIpc) is 2.62. The second-order valence-corrected chi connectivity index (χ2v) is 4.57. The molecule has 6 heteroatoms. The van der Waals surface area contributed by atoms with Gasteiger partial charge in [-0.25, -0.2) is 4.68 Å². The number of aliphatic hydroxyl groups is 2. The smallest absolute Gasteiger partial charge is 0.182 e.